The van der Waals surface area contributed by atoms with Gasteiger partial charge in [-0.15, -0.1) is 0 Å². The Labute approximate surface area is 153 Å². The maximum absolute atomic E-state index is 12.6. The van der Waals surface area contributed by atoms with Gasteiger partial charge in [0.1, 0.15) is 5.75 Å². The van der Waals surface area contributed by atoms with E-state index in [1.807, 2.05) is 42.5 Å². The molecular formula is C20H24N2O4. The summed E-state index contributed by atoms with van der Waals surface area (Å²) in [6.45, 7) is 5.83. The molecule has 1 heterocycles. The summed E-state index contributed by atoms with van der Waals surface area (Å²) in [7, 11) is 0. The van der Waals surface area contributed by atoms with E-state index in [-0.39, 0.29) is 12.0 Å². The lowest BCUT2D eigenvalue weighted by molar-refractivity contribution is -0.139. The Balaban J connectivity index is 1.57. The van der Waals surface area contributed by atoms with Gasteiger partial charge in [-0.1, -0.05) is 30.3 Å². The summed E-state index contributed by atoms with van der Waals surface area (Å²) >= 11 is 0. The van der Waals surface area contributed by atoms with Crippen molar-refractivity contribution in [3.63, 3.8) is 0 Å². The third-order valence-electron chi connectivity index (χ3n) is 4.50. The van der Waals surface area contributed by atoms with Gasteiger partial charge < -0.3 is 19.3 Å². The van der Waals surface area contributed by atoms with Crippen molar-refractivity contribution < 1.29 is 19.1 Å². The number of rotatable bonds is 4. The molecule has 6 heteroatoms. The van der Waals surface area contributed by atoms with E-state index in [1.165, 1.54) is 0 Å². The number of carbonyl (C=O) groups is 2. The summed E-state index contributed by atoms with van der Waals surface area (Å²) < 4.78 is 10.9. The first kappa shape index (κ1) is 18.0. The Kier molecular flexibility index (Phi) is 5.61. The van der Waals surface area contributed by atoms with Gasteiger partial charge in [0, 0.05) is 26.2 Å². The number of hydrogen-bond acceptors (Lipinski definition) is 4. The lowest BCUT2D eigenvalue weighted by Crippen LogP contribution is -2.53. The zero-order chi connectivity index (χ0) is 18.5. The molecule has 0 N–H and O–H groups in total. The van der Waals surface area contributed by atoms with Crippen LogP contribution in [-0.4, -0.2) is 60.7 Å². The van der Waals surface area contributed by atoms with E-state index < -0.39 is 6.10 Å². The molecule has 6 nitrogen and oxygen atoms in total. The fourth-order valence-electron chi connectivity index (χ4n) is 3.08. The van der Waals surface area contributed by atoms with Crippen LogP contribution >= 0.6 is 0 Å². The van der Waals surface area contributed by atoms with Gasteiger partial charge >= 0.3 is 6.09 Å². The minimum Gasteiger partial charge on any atom is -0.481 e. The summed E-state index contributed by atoms with van der Waals surface area (Å²) in [5, 5.41) is 2.21. The van der Waals surface area contributed by atoms with Crippen LogP contribution in [0.3, 0.4) is 0 Å². The van der Waals surface area contributed by atoms with Gasteiger partial charge in [-0.2, -0.15) is 0 Å². The SMILES string of the molecule is CCOC(=O)N1CCN(C(=O)C(C)Oc2ccc3ccccc3c2)CC1. The molecule has 2 amide bonds. The number of ether oxygens (including phenoxy) is 2. The van der Waals surface area contributed by atoms with Crippen LogP contribution < -0.4 is 4.74 Å². The quantitative estimate of drug-likeness (QED) is 0.845. The minimum absolute atomic E-state index is 0.0679. The second kappa shape index (κ2) is 8.08. The fourth-order valence-corrected chi connectivity index (χ4v) is 3.08. The van der Waals surface area contributed by atoms with E-state index in [2.05, 4.69) is 0 Å². The van der Waals surface area contributed by atoms with Crippen molar-refractivity contribution in [2.24, 2.45) is 0 Å². The monoisotopic (exact) mass is 356 g/mol. The molecule has 1 atom stereocenters. The Morgan fingerprint density at radius 1 is 1.00 bits per heavy atom. The van der Waals surface area contributed by atoms with E-state index >= 15 is 0 Å². The van der Waals surface area contributed by atoms with Crippen LogP contribution in [0.5, 0.6) is 5.75 Å². The van der Waals surface area contributed by atoms with Gasteiger partial charge in [-0.25, -0.2) is 4.79 Å². The van der Waals surface area contributed by atoms with Gasteiger partial charge in [0.15, 0.2) is 6.10 Å². The summed E-state index contributed by atoms with van der Waals surface area (Å²) in [5.41, 5.74) is 0. The van der Waals surface area contributed by atoms with Gasteiger partial charge in [0.25, 0.3) is 5.91 Å². The highest BCUT2D eigenvalue weighted by Crippen LogP contribution is 2.22. The van der Waals surface area contributed by atoms with Crippen LogP contribution in [0.15, 0.2) is 42.5 Å². The predicted molar refractivity (Wildman–Crippen MR) is 99.2 cm³/mol. The number of nitrogens with zero attached hydrogens (tertiary/aromatic N) is 2. The summed E-state index contributed by atoms with van der Waals surface area (Å²) in [4.78, 5) is 27.7. The number of amides is 2. The van der Waals surface area contributed by atoms with Crippen molar-refractivity contribution in [1.82, 2.24) is 9.80 Å². The minimum atomic E-state index is -0.578. The molecule has 0 bridgehead atoms. The summed E-state index contributed by atoms with van der Waals surface area (Å²) in [5.74, 6) is 0.608. The number of fused-ring (bicyclic) bond motifs is 1. The first-order valence-electron chi connectivity index (χ1n) is 8.94. The van der Waals surface area contributed by atoms with E-state index in [9.17, 15) is 9.59 Å². The molecule has 3 rings (SSSR count). The van der Waals surface area contributed by atoms with Crippen LogP contribution in [0, 0.1) is 0 Å². The van der Waals surface area contributed by atoms with Crippen molar-refractivity contribution in [2.45, 2.75) is 20.0 Å². The molecule has 0 radical (unpaired) electrons. The Morgan fingerprint density at radius 3 is 2.35 bits per heavy atom. The standard InChI is InChI=1S/C20H24N2O4/c1-3-25-20(24)22-12-10-21(11-13-22)19(23)15(2)26-18-9-8-16-6-4-5-7-17(16)14-18/h4-9,14-15H,3,10-13H2,1-2H3. The average molecular weight is 356 g/mol. The third kappa shape index (κ3) is 4.07. The molecule has 138 valence electrons. The molecule has 1 aliphatic heterocycles. The Hall–Kier alpha value is -2.76. The number of carbonyl (C=O) groups excluding carboxylic acids is 2. The van der Waals surface area contributed by atoms with Crippen molar-refractivity contribution in [3.05, 3.63) is 42.5 Å². The van der Waals surface area contributed by atoms with Crippen molar-refractivity contribution >= 4 is 22.8 Å². The zero-order valence-corrected chi connectivity index (χ0v) is 15.2. The van der Waals surface area contributed by atoms with Crippen molar-refractivity contribution in [2.75, 3.05) is 32.8 Å². The largest absolute Gasteiger partial charge is 0.481 e. The molecule has 0 aromatic heterocycles. The lowest BCUT2D eigenvalue weighted by atomic mass is 10.1. The van der Waals surface area contributed by atoms with Crippen LogP contribution in [-0.2, 0) is 9.53 Å². The Bertz CT molecular complexity index is 784. The predicted octanol–water partition coefficient (Wildman–Crippen LogP) is 2.91. The second-order valence-corrected chi connectivity index (χ2v) is 6.28. The molecular weight excluding hydrogens is 332 g/mol. The molecule has 1 fully saturated rings. The molecule has 0 saturated carbocycles. The second-order valence-electron chi connectivity index (χ2n) is 6.28. The maximum Gasteiger partial charge on any atom is 0.409 e. The van der Waals surface area contributed by atoms with Crippen molar-refractivity contribution in [1.29, 1.82) is 0 Å². The lowest BCUT2D eigenvalue weighted by Gasteiger charge is -2.35. The van der Waals surface area contributed by atoms with Crippen LogP contribution in [0.2, 0.25) is 0 Å². The van der Waals surface area contributed by atoms with Gasteiger partial charge in [0.05, 0.1) is 6.61 Å². The highest BCUT2D eigenvalue weighted by Gasteiger charge is 2.28. The van der Waals surface area contributed by atoms with Crippen LogP contribution in [0.25, 0.3) is 10.8 Å². The number of piperazine rings is 1. The van der Waals surface area contributed by atoms with Crippen molar-refractivity contribution in [3.8, 4) is 5.75 Å². The van der Waals surface area contributed by atoms with Gasteiger partial charge in [-0.3, -0.25) is 4.79 Å². The number of benzene rings is 2. The summed E-state index contributed by atoms with van der Waals surface area (Å²) in [6.07, 6.45) is -0.898. The fraction of sp³-hybridized carbons (Fsp3) is 0.400. The molecule has 1 aliphatic rings. The normalized spacial score (nSPS) is 15.6. The number of hydrogen-bond donors (Lipinski definition) is 0. The topological polar surface area (TPSA) is 59.1 Å². The first-order valence-corrected chi connectivity index (χ1v) is 8.94. The van der Waals surface area contributed by atoms with E-state index in [0.717, 1.165) is 10.8 Å². The Morgan fingerprint density at radius 2 is 1.65 bits per heavy atom. The van der Waals surface area contributed by atoms with Crippen LogP contribution in [0.1, 0.15) is 13.8 Å². The van der Waals surface area contributed by atoms with E-state index in [4.69, 9.17) is 9.47 Å². The molecule has 2 aromatic rings. The molecule has 1 saturated heterocycles. The molecule has 1 unspecified atom stereocenters. The smallest absolute Gasteiger partial charge is 0.409 e. The summed E-state index contributed by atoms with van der Waals surface area (Å²) in [6, 6.07) is 13.8. The highest BCUT2D eigenvalue weighted by molar-refractivity contribution is 5.84. The molecule has 26 heavy (non-hydrogen) atoms. The highest BCUT2D eigenvalue weighted by atomic mass is 16.6. The molecule has 2 aromatic carbocycles. The van der Waals surface area contributed by atoms with Crippen LogP contribution in [0.4, 0.5) is 4.79 Å². The molecule has 0 spiro atoms. The van der Waals surface area contributed by atoms with Gasteiger partial charge in [-0.05, 0) is 36.8 Å². The van der Waals surface area contributed by atoms with E-state index in [0.29, 0.717) is 38.5 Å². The maximum atomic E-state index is 12.6. The molecule has 0 aliphatic carbocycles. The van der Waals surface area contributed by atoms with Gasteiger partial charge in [0.2, 0.25) is 0 Å². The average Bonchev–Trinajstić information content (AvgIpc) is 2.67. The third-order valence-corrected chi connectivity index (χ3v) is 4.50. The first-order chi connectivity index (χ1) is 12.6. The van der Waals surface area contributed by atoms with E-state index in [1.54, 1.807) is 23.6 Å². The zero-order valence-electron chi connectivity index (χ0n) is 15.2.